The van der Waals surface area contributed by atoms with Crippen LogP contribution in [-0.2, 0) is 5.60 Å². The molecule has 84 valence electrons. The average Bonchev–Trinajstić information content (AvgIpc) is 2.18. The van der Waals surface area contributed by atoms with Crippen molar-refractivity contribution in [3.05, 3.63) is 34.3 Å². The summed E-state index contributed by atoms with van der Waals surface area (Å²) in [6.07, 6.45) is 0. The first-order chi connectivity index (χ1) is 6.98. The number of benzene rings is 1. The zero-order chi connectivity index (χ0) is 11.5. The van der Waals surface area contributed by atoms with Crippen molar-refractivity contribution in [3.8, 4) is 0 Å². The van der Waals surface area contributed by atoms with Gasteiger partial charge in [0.25, 0.3) is 0 Å². The molecule has 2 N–H and O–H groups in total. The van der Waals surface area contributed by atoms with E-state index in [1.54, 1.807) is 0 Å². The summed E-state index contributed by atoms with van der Waals surface area (Å²) >= 11 is 3.38. The fourth-order valence-corrected chi connectivity index (χ4v) is 1.81. The molecule has 0 aliphatic heterocycles. The van der Waals surface area contributed by atoms with Gasteiger partial charge in [0, 0.05) is 10.5 Å². The summed E-state index contributed by atoms with van der Waals surface area (Å²) in [5.41, 5.74) is 0.0932. The molecule has 1 rings (SSSR count). The van der Waals surface area contributed by atoms with Gasteiger partial charge in [0.05, 0.1) is 0 Å². The molecule has 0 saturated carbocycles. The smallest absolute Gasteiger partial charge is 0.102 e. The van der Waals surface area contributed by atoms with Crippen LogP contribution in [0.15, 0.2) is 28.7 Å². The van der Waals surface area contributed by atoms with E-state index in [4.69, 9.17) is 0 Å². The van der Waals surface area contributed by atoms with Gasteiger partial charge in [-0.15, -0.1) is 0 Å². The first kappa shape index (κ1) is 12.7. The molecule has 0 bridgehead atoms. The van der Waals surface area contributed by atoms with Gasteiger partial charge in [0.15, 0.2) is 0 Å². The average molecular weight is 272 g/mol. The van der Waals surface area contributed by atoms with Crippen LogP contribution in [0.4, 0.5) is 0 Å². The molecule has 2 unspecified atom stereocenters. The minimum absolute atomic E-state index is 0.0312. The van der Waals surface area contributed by atoms with E-state index in [1.807, 2.05) is 45.0 Å². The Kier molecular flexibility index (Phi) is 4.32. The molecule has 0 spiro atoms. The maximum Gasteiger partial charge on any atom is 0.102 e. The molecular weight excluding hydrogens is 254 g/mol. The molecule has 2 nitrogen and oxygen atoms in total. The second-order valence-electron chi connectivity index (χ2n) is 3.93. The minimum atomic E-state index is -0.837. The predicted octanol–water partition coefficient (Wildman–Crippen LogP) is 2.65. The monoisotopic (exact) mass is 271 g/mol. The summed E-state index contributed by atoms with van der Waals surface area (Å²) in [4.78, 5) is 0. The SMILES string of the molecule is CCNC(C)C(C)(O)c1ccc(Br)cc1. The van der Waals surface area contributed by atoms with Gasteiger partial charge in [-0.2, -0.15) is 0 Å². The van der Waals surface area contributed by atoms with Crippen LogP contribution in [-0.4, -0.2) is 17.7 Å². The number of likely N-dealkylation sites (N-methyl/N-ethyl adjacent to an activating group) is 1. The molecule has 0 amide bonds. The highest BCUT2D eigenvalue weighted by Gasteiger charge is 2.29. The zero-order valence-corrected chi connectivity index (χ0v) is 11.0. The summed E-state index contributed by atoms with van der Waals surface area (Å²) in [6, 6.07) is 7.81. The zero-order valence-electron chi connectivity index (χ0n) is 9.42. The van der Waals surface area contributed by atoms with Crippen LogP contribution < -0.4 is 5.32 Å². The highest BCUT2D eigenvalue weighted by Crippen LogP contribution is 2.25. The predicted molar refractivity (Wildman–Crippen MR) is 66.9 cm³/mol. The lowest BCUT2D eigenvalue weighted by atomic mass is 9.89. The fourth-order valence-electron chi connectivity index (χ4n) is 1.54. The summed E-state index contributed by atoms with van der Waals surface area (Å²) < 4.78 is 1.03. The van der Waals surface area contributed by atoms with Gasteiger partial charge < -0.3 is 10.4 Å². The van der Waals surface area contributed by atoms with Gasteiger partial charge in [-0.25, -0.2) is 0 Å². The molecule has 0 fully saturated rings. The van der Waals surface area contributed by atoms with E-state index < -0.39 is 5.60 Å². The Hall–Kier alpha value is -0.380. The van der Waals surface area contributed by atoms with Gasteiger partial charge in [0.2, 0.25) is 0 Å². The Morgan fingerprint density at radius 1 is 1.40 bits per heavy atom. The normalized spacial score (nSPS) is 17.1. The lowest BCUT2D eigenvalue weighted by molar-refractivity contribution is 0.0221. The Balaban J connectivity index is 2.89. The third-order valence-electron chi connectivity index (χ3n) is 2.78. The number of nitrogens with one attached hydrogen (secondary N) is 1. The maximum absolute atomic E-state index is 10.4. The Bertz CT molecular complexity index is 308. The Morgan fingerprint density at radius 3 is 2.40 bits per heavy atom. The second-order valence-corrected chi connectivity index (χ2v) is 4.85. The minimum Gasteiger partial charge on any atom is -0.384 e. The molecule has 0 aromatic heterocycles. The fraction of sp³-hybridized carbons (Fsp3) is 0.500. The highest BCUT2D eigenvalue weighted by molar-refractivity contribution is 9.10. The molecule has 1 aromatic rings. The standard InChI is InChI=1S/C12H18BrNO/c1-4-14-9(2)12(3,15)10-5-7-11(13)8-6-10/h5-9,14-15H,4H2,1-3H3. The molecule has 1 aromatic carbocycles. The Labute approximate surface area is 99.8 Å². The van der Waals surface area contributed by atoms with Crippen LogP contribution in [0.25, 0.3) is 0 Å². The number of hydrogen-bond donors (Lipinski definition) is 2. The van der Waals surface area contributed by atoms with E-state index in [1.165, 1.54) is 0 Å². The quantitative estimate of drug-likeness (QED) is 0.883. The number of rotatable bonds is 4. The summed E-state index contributed by atoms with van der Waals surface area (Å²) in [6.45, 7) is 6.72. The summed E-state index contributed by atoms with van der Waals surface area (Å²) in [5, 5.41) is 13.6. The number of aliphatic hydroxyl groups is 1. The third kappa shape index (κ3) is 3.03. The largest absolute Gasteiger partial charge is 0.384 e. The van der Waals surface area contributed by atoms with E-state index >= 15 is 0 Å². The molecule has 0 aliphatic carbocycles. The van der Waals surface area contributed by atoms with E-state index in [2.05, 4.69) is 21.2 Å². The molecule has 15 heavy (non-hydrogen) atoms. The van der Waals surface area contributed by atoms with Crippen LogP contribution in [0.1, 0.15) is 26.3 Å². The van der Waals surface area contributed by atoms with Crippen LogP contribution in [0.3, 0.4) is 0 Å². The molecule has 0 saturated heterocycles. The maximum atomic E-state index is 10.4. The molecule has 0 aliphatic rings. The van der Waals surface area contributed by atoms with Crippen LogP contribution in [0, 0.1) is 0 Å². The molecule has 0 radical (unpaired) electrons. The highest BCUT2D eigenvalue weighted by atomic mass is 79.9. The topological polar surface area (TPSA) is 32.3 Å². The van der Waals surface area contributed by atoms with Gasteiger partial charge >= 0.3 is 0 Å². The van der Waals surface area contributed by atoms with Crippen molar-refractivity contribution in [2.45, 2.75) is 32.4 Å². The lowest BCUT2D eigenvalue weighted by Crippen LogP contribution is -2.44. The summed E-state index contributed by atoms with van der Waals surface area (Å²) in [5.74, 6) is 0. The van der Waals surface area contributed by atoms with Crippen LogP contribution in [0.2, 0.25) is 0 Å². The van der Waals surface area contributed by atoms with Crippen molar-refractivity contribution in [1.82, 2.24) is 5.32 Å². The van der Waals surface area contributed by atoms with Gasteiger partial charge in [-0.3, -0.25) is 0 Å². The van der Waals surface area contributed by atoms with E-state index in [0.717, 1.165) is 16.6 Å². The first-order valence-corrected chi connectivity index (χ1v) is 5.99. The van der Waals surface area contributed by atoms with E-state index in [0.29, 0.717) is 0 Å². The molecule has 3 heteroatoms. The van der Waals surface area contributed by atoms with Gasteiger partial charge in [-0.05, 0) is 38.1 Å². The second kappa shape index (κ2) is 5.10. The van der Waals surface area contributed by atoms with Gasteiger partial charge in [-0.1, -0.05) is 35.0 Å². The summed E-state index contributed by atoms with van der Waals surface area (Å²) in [7, 11) is 0. The van der Waals surface area contributed by atoms with Crippen LogP contribution >= 0.6 is 15.9 Å². The molecule has 2 atom stereocenters. The van der Waals surface area contributed by atoms with Crippen molar-refractivity contribution in [2.75, 3.05) is 6.54 Å². The third-order valence-corrected chi connectivity index (χ3v) is 3.31. The molecular formula is C12H18BrNO. The van der Waals surface area contributed by atoms with Crippen LogP contribution in [0.5, 0.6) is 0 Å². The van der Waals surface area contributed by atoms with Crippen molar-refractivity contribution >= 4 is 15.9 Å². The van der Waals surface area contributed by atoms with Gasteiger partial charge in [0.1, 0.15) is 5.60 Å². The van der Waals surface area contributed by atoms with E-state index in [-0.39, 0.29) is 6.04 Å². The Morgan fingerprint density at radius 2 is 1.93 bits per heavy atom. The number of halogens is 1. The molecule has 0 heterocycles. The lowest BCUT2D eigenvalue weighted by Gasteiger charge is -2.31. The van der Waals surface area contributed by atoms with Crippen molar-refractivity contribution < 1.29 is 5.11 Å². The van der Waals surface area contributed by atoms with Crippen molar-refractivity contribution in [3.63, 3.8) is 0 Å². The van der Waals surface area contributed by atoms with Crippen molar-refractivity contribution in [1.29, 1.82) is 0 Å². The number of hydrogen-bond acceptors (Lipinski definition) is 2. The van der Waals surface area contributed by atoms with Crippen molar-refractivity contribution in [2.24, 2.45) is 0 Å². The first-order valence-electron chi connectivity index (χ1n) is 5.20. The van der Waals surface area contributed by atoms with E-state index in [9.17, 15) is 5.11 Å².